The molecule has 0 atom stereocenters. The van der Waals surface area contributed by atoms with E-state index in [0.717, 1.165) is 0 Å². The Labute approximate surface area is 209 Å². The Kier molecular flexibility index (Phi) is 6.66. The molecule has 6 heteroatoms. The lowest BCUT2D eigenvalue weighted by atomic mass is 10.1. The number of fused-ring (bicyclic) bond motifs is 1. The number of hydrogen-bond donors (Lipinski definition) is 2. The highest BCUT2D eigenvalue weighted by molar-refractivity contribution is 7.95. The second-order valence-electron chi connectivity index (χ2n) is 8.54. The number of benzene rings is 4. The predicted molar refractivity (Wildman–Crippen MR) is 149 cm³/mol. The number of carbonyl (C=O) groups is 1. The van der Waals surface area contributed by atoms with E-state index >= 15 is 0 Å². The lowest BCUT2D eigenvalue weighted by Gasteiger charge is -2.27. The largest absolute Gasteiger partial charge is 0.422 e. The maximum atomic E-state index is 13.1. The van der Waals surface area contributed by atoms with Crippen LogP contribution in [0.4, 0.5) is 5.69 Å². The van der Waals surface area contributed by atoms with Crippen LogP contribution in [0.2, 0.25) is 0 Å². The van der Waals surface area contributed by atoms with Crippen LogP contribution in [-0.4, -0.2) is 18.6 Å². The molecule has 178 valence electrons. The number of nitrogens with one attached hydrogen (secondary N) is 1. The van der Waals surface area contributed by atoms with Gasteiger partial charge in [0.2, 0.25) is 0 Å². The van der Waals surface area contributed by atoms with Crippen molar-refractivity contribution >= 4 is 45.7 Å². The van der Waals surface area contributed by atoms with E-state index in [0.29, 0.717) is 29.4 Å². The minimum atomic E-state index is -2.09. The highest BCUT2D eigenvalue weighted by atomic mass is 31.2. The van der Waals surface area contributed by atoms with Gasteiger partial charge in [0.25, 0.3) is 5.91 Å². The third-order valence-electron chi connectivity index (χ3n) is 6.33. The summed E-state index contributed by atoms with van der Waals surface area (Å²) in [5, 5.41) is 7.34. The molecule has 1 heterocycles. The van der Waals surface area contributed by atoms with E-state index < -0.39 is 18.8 Å². The van der Waals surface area contributed by atoms with Crippen LogP contribution in [0.5, 0.6) is 0 Å². The van der Waals surface area contributed by atoms with Crippen LogP contribution in [0.25, 0.3) is 11.0 Å². The Hall–Kier alpha value is -4.21. The summed E-state index contributed by atoms with van der Waals surface area (Å²) in [6.45, 7) is 0.393. The van der Waals surface area contributed by atoms with Crippen LogP contribution < -0.4 is 32.6 Å². The van der Waals surface area contributed by atoms with Gasteiger partial charge in [-0.2, -0.15) is 0 Å². The number of nitrogens with two attached hydrogens (primary N) is 1. The van der Waals surface area contributed by atoms with Crippen molar-refractivity contribution in [3.63, 3.8) is 0 Å². The van der Waals surface area contributed by atoms with Gasteiger partial charge in [-0.15, -0.1) is 0 Å². The summed E-state index contributed by atoms with van der Waals surface area (Å²) in [7, 11) is -2.09. The summed E-state index contributed by atoms with van der Waals surface area (Å²) < 4.78 is 5.36. The number of anilines is 1. The van der Waals surface area contributed by atoms with Gasteiger partial charge in [0.15, 0.2) is 0 Å². The molecule has 3 N–H and O–H groups in total. The number of amides is 1. The summed E-state index contributed by atoms with van der Waals surface area (Å²) in [5.41, 5.74) is 5.94. The molecular weight excluding hydrogens is 467 g/mol. The molecular formula is C30H26N2O3P+. The molecule has 0 radical (unpaired) electrons. The summed E-state index contributed by atoms with van der Waals surface area (Å²) in [4.78, 5) is 25.6. The Morgan fingerprint density at radius 1 is 0.750 bits per heavy atom. The molecule has 0 bridgehead atoms. The van der Waals surface area contributed by atoms with Gasteiger partial charge < -0.3 is 15.5 Å². The molecule has 0 aliphatic rings. The highest BCUT2D eigenvalue weighted by Crippen LogP contribution is 2.54. The number of rotatable bonds is 7. The zero-order chi connectivity index (χ0) is 25.0. The maximum absolute atomic E-state index is 13.1. The summed E-state index contributed by atoms with van der Waals surface area (Å²) in [5.74, 6) is -0.449. The molecule has 0 aliphatic carbocycles. The summed E-state index contributed by atoms with van der Waals surface area (Å²) in [6.07, 6.45) is 0.701. The maximum Gasteiger partial charge on any atom is 0.349 e. The van der Waals surface area contributed by atoms with Crippen LogP contribution >= 0.6 is 7.26 Å². The smallest absolute Gasteiger partial charge is 0.349 e. The normalized spacial score (nSPS) is 11.3. The molecule has 1 amide bonds. The van der Waals surface area contributed by atoms with Gasteiger partial charge in [0.1, 0.15) is 34.3 Å². The van der Waals surface area contributed by atoms with Gasteiger partial charge in [0.05, 0.1) is 12.7 Å². The second kappa shape index (κ2) is 10.2. The molecule has 36 heavy (non-hydrogen) atoms. The van der Waals surface area contributed by atoms with Crippen molar-refractivity contribution in [2.24, 2.45) is 0 Å². The average Bonchev–Trinajstić information content (AvgIpc) is 2.92. The lowest BCUT2D eigenvalue weighted by Crippen LogP contribution is -2.38. The highest BCUT2D eigenvalue weighted by Gasteiger charge is 2.44. The monoisotopic (exact) mass is 493 g/mol. The van der Waals surface area contributed by atoms with Crippen LogP contribution in [0.1, 0.15) is 10.4 Å². The Balaban J connectivity index is 1.49. The molecule has 5 rings (SSSR count). The zero-order valence-electron chi connectivity index (χ0n) is 19.6. The van der Waals surface area contributed by atoms with Crippen molar-refractivity contribution in [3.05, 3.63) is 131 Å². The Morgan fingerprint density at radius 2 is 1.28 bits per heavy atom. The molecule has 0 saturated carbocycles. The SMILES string of the molecule is Nc1ccc2cc(C(=O)NCC[P+](c3ccccc3)(c3ccccc3)c3ccccc3)c(=O)oc2c1. The third-order valence-corrected chi connectivity index (χ3v) is 10.8. The number of carbonyl (C=O) groups excluding carboxylic acids is 1. The molecule has 0 saturated heterocycles. The molecule has 5 nitrogen and oxygen atoms in total. The van der Waals surface area contributed by atoms with Crippen molar-refractivity contribution in [2.45, 2.75) is 0 Å². The van der Waals surface area contributed by atoms with E-state index in [1.54, 1.807) is 24.3 Å². The first-order chi connectivity index (χ1) is 17.6. The fraction of sp³-hybridized carbons (Fsp3) is 0.0667. The predicted octanol–water partition coefficient (Wildman–Crippen LogP) is 4.10. The molecule has 0 unspecified atom stereocenters. The van der Waals surface area contributed by atoms with E-state index in [1.165, 1.54) is 15.9 Å². The van der Waals surface area contributed by atoms with Gasteiger partial charge in [-0.05, 0) is 54.6 Å². The second-order valence-corrected chi connectivity index (χ2v) is 12.2. The first-order valence-electron chi connectivity index (χ1n) is 11.7. The standard InChI is InChI=1S/C30H25N2O3P/c31-23-17-16-22-20-27(30(34)35-28(22)21-23)29(33)32-18-19-36(24-10-4-1-5-11-24,25-12-6-2-7-13-25)26-14-8-3-9-15-26/h1-17,20-21H,18-19H2,(H2-,31,32,33,34)/p+1. The van der Waals surface area contributed by atoms with E-state index in [1.807, 2.05) is 18.2 Å². The third kappa shape index (κ3) is 4.53. The van der Waals surface area contributed by atoms with Crippen LogP contribution in [-0.2, 0) is 0 Å². The fourth-order valence-electron chi connectivity index (χ4n) is 4.60. The van der Waals surface area contributed by atoms with Crippen LogP contribution in [0.15, 0.2) is 124 Å². The number of nitrogen functional groups attached to an aromatic ring is 1. The van der Waals surface area contributed by atoms with Crippen LogP contribution in [0, 0.1) is 0 Å². The summed E-state index contributed by atoms with van der Waals surface area (Å²) >= 11 is 0. The topological polar surface area (TPSA) is 85.3 Å². The van der Waals surface area contributed by atoms with Gasteiger partial charge in [-0.3, -0.25) is 4.79 Å². The van der Waals surface area contributed by atoms with Gasteiger partial charge in [-0.1, -0.05) is 54.6 Å². The minimum Gasteiger partial charge on any atom is -0.422 e. The minimum absolute atomic E-state index is 0.0182. The van der Waals surface area contributed by atoms with Gasteiger partial charge in [-0.25, -0.2) is 4.79 Å². The van der Waals surface area contributed by atoms with Crippen molar-refractivity contribution in [2.75, 3.05) is 18.4 Å². The Bertz CT molecular complexity index is 1460. The summed E-state index contributed by atoms with van der Waals surface area (Å²) in [6, 6.07) is 38.0. The zero-order valence-corrected chi connectivity index (χ0v) is 20.5. The first kappa shape index (κ1) is 23.5. The number of hydrogen-bond acceptors (Lipinski definition) is 4. The van der Waals surface area contributed by atoms with Crippen molar-refractivity contribution in [1.82, 2.24) is 5.32 Å². The fourth-order valence-corrected chi connectivity index (χ4v) is 8.76. The van der Waals surface area contributed by atoms with E-state index in [9.17, 15) is 9.59 Å². The van der Waals surface area contributed by atoms with Crippen molar-refractivity contribution in [3.8, 4) is 0 Å². The first-order valence-corrected chi connectivity index (χ1v) is 13.7. The van der Waals surface area contributed by atoms with Crippen LogP contribution in [0.3, 0.4) is 0 Å². The molecule has 5 aromatic rings. The van der Waals surface area contributed by atoms with Gasteiger partial charge >= 0.3 is 5.63 Å². The van der Waals surface area contributed by atoms with Crippen molar-refractivity contribution < 1.29 is 9.21 Å². The molecule has 4 aromatic carbocycles. The van der Waals surface area contributed by atoms with Crippen molar-refractivity contribution in [1.29, 1.82) is 0 Å². The van der Waals surface area contributed by atoms with E-state index in [4.69, 9.17) is 10.2 Å². The van der Waals surface area contributed by atoms with E-state index in [2.05, 4.69) is 78.1 Å². The molecule has 0 spiro atoms. The lowest BCUT2D eigenvalue weighted by molar-refractivity contribution is 0.0952. The van der Waals surface area contributed by atoms with Gasteiger partial charge in [0, 0.05) is 17.1 Å². The molecule has 0 aliphatic heterocycles. The van der Waals surface area contributed by atoms with E-state index in [-0.39, 0.29) is 5.56 Å². The molecule has 1 aromatic heterocycles. The average molecular weight is 494 g/mol. The Morgan fingerprint density at radius 3 is 1.81 bits per heavy atom. The molecule has 0 fully saturated rings. The quantitative estimate of drug-likeness (QED) is 0.203.